The van der Waals surface area contributed by atoms with Crippen LogP contribution in [0.4, 0.5) is 5.69 Å². The van der Waals surface area contributed by atoms with Crippen LogP contribution in [0, 0.1) is 17.3 Å². The zero-order valence-corrected chi connectivity index (χ0v) is 13.7. The normalized spacial score (nSPS) is 23.6. The highest BCUT2D eigenvalue weighted by Gasteiger charge is 2.60. The minimum absolute atomic E-state index is 0.00292. The van der Waals surface area contributed by atoms with E-state index in [9.17, 15) is 4.79 Å². The average Bonchev–Trinajstić information content (AvgIpc) is 2.83. The van der Waals surface area contributed by atoms with Crippen molar-refractivity contribution in [3.63, 3.8) is 0 Å². The highest BCUT2D eigenvalue weighted by molar-refractivity contribution is 9.10. The largest absolute Gasteiger partial charge is 0.326 e. The summed E-state index contributed by atoms with van der Waals surface area (Å²) < 4.78 is 1.20. The summed E-state index contributed by atoms with van der Waals surface area (Å²) in [5.41, 5.74) is 0.685. The van der Waals surface area contributed by atoms with Crippen molar-refractivity contribution in [1.29, 1.82) is 0 Å². The second-order valence-electron chi connectivity index (χ2n) is 5.28. The summed E-state index contributed by atoms with van der Waals surface area (Å²) in [4.78, 5) is 12.2. The smallest absolute Gasteiger partial charge is 0.228 e. The summed E-state index contributed by atoms with van der Waals surface area (Å²) >= 11 is 14.7. The van der Waals surface area contributed by atoms with Gasteiger partial charge >= 0.3 is 0 Å². The van der Waals surface area contributed by atoms with Gasteiger partial charge in [-0.2, -0.15) is 0 Å². The fourth-order valence-corrected chi connectivity index (χ4v) is 2.91. The summed E-state index contributed by atoms with van der Waals surface area (Å²) in [5.74, 6) is -0.000231. The van der Waals surface area contributed by atoms with Gasteiger partial charge in [0.25, 0.3) is 0 Å². The van der Waals surface area contributed by atoms with E-state index in [-0.39, 0.29) is 27.6 Å². The van der Waals surface area contributed by atoms with Crippen molar-refractivity contribution in [2.24, 2.45) is 17.3 Å². The van der Waals surface area contributed by atoms with Gasteiger partial charge < -0.3 is 5.32 Å². The summed E-state index contributed by atoms with van der Waals surface area (Å²) in [6.07, 6.45) is 1.74. The predicted molar refractivity (Wildman–Crippen MR) is 83.3 cm³/mol. The minimum Gasteiger partial charge on any atom is -0.326 e. The van der Waals surface area contributed by atoms with Gasteiger partial charge in [0.15, 0.2) is 0 Å². The average molecular weight is 363 g/mol. The van der Waals surface area contributed by atoms with E-state index < -0.39 is 0 Å². The molecule has 19 heavy (non-hydrogen) atoms. The lowest BCUT2D eigenvalue weighted by molar-refractivity contribution is -0.118. The van der Waals surface area contributed by atoms with Crippen LogP contribution in [0.25, 0.3) is 0 Å². The van der Waals surface area contributed by atoms with Crippen LogP contribution in [0.3, 0.4) is 0 Å². The first-order chi connectivity index (χ1) is 8.82. The minimum atomic E-state index is -0.103. The molecule has 0 aliphatic heterocycles. The number of hydrogen-bond acceptors (Lipinski definition) is 1. The van der Waals surface area contributed by atoms with Crippen molar-refractivity contribution in [2.75, 3.05) is 5.32 Å². The zero-order chi connectivity index (χ0) is 14.2. The summed E-state index contributed by atoms with van der Waals surface area (Å²) in [6, 6.07) is 7.49. The Kier molecular flexibility index (Phi) is 4.29. The van der Waals surface area contributed by atoms with E-state index in [0.29, 0.717) is 0 Å². The van der Waals surface area contributed by atoms with Gasteiger partial charge in [-0.1, -0.05) is 53.0 Å². The fraction of sp³-hybridized carbons (Fsp3) is 0.357. The van der Waals surface area contributed by atoms with Crippen LogP contribution in [0.2, 0.25) is 0 Å². The van der Waals surface area contributed by atoms with Crippen LogP contribution in [-0.2, 0) is 4.79 Å². The second-order valence-corrected chi connectivity index (χ2v) is 7.20. The topological polar surface area (TPSA) is 29.1 Å². The van der Waals surface area contributed by atoms with Crippen LogP contribution in [-0.4, -0.2) is 5.91 Å². The van der Waals surface area contributed by atoms with Crippen molar-refractivity contribution >= 4 is 50.7 Å². The van der Waals surface area contributed by atoms with Crippen LogP contribution in [0.1, 0.15) is 13.8 Å². The molecular weight excluding hydrogens is 349 g/mol. The van der Waals surface area contributed by atoms with E-state index in [1.54, 1.807) is 6.08 Å². The predicted octanol–water partition coefficient (Wildman–Crippen LogP) is 4.98. The monoisotopic (exact) mass is 361 g/mol. The summed E-state index contributed by atoms with van der Waals surface area (Å²) in [6.45, 7) is 4.08. The van der Waals surface area contributed by atoms with Crippen molar-refractivity contribution in [3.8, 4) is 0 Å². The lowest BCUT2D eigenvalue weighted by Gasteiger charge is -2.06. The van der Waals surface area contributed by atoms with Gasteiger partial charge in [-0.3, -0.25) is 4.79 Å². The molecule has 0 spiro atoms. The van der Waals surface area contributed by atoms with Crippen LogP contribution >= 0.6 is 39.1 Å². The molecule has 2 atom stereocenters. The standard InChI is InChI=1S/C14H14BrCl2NO/c1-14(2)10(7-11(16)17)12(14)13(19)18-9-5-3-8(15)4-6-9/h3-7,10,12H,1-2H3,(H,18,19)/t10-,12-/m1/s1. The third kappa shape index (κ3) is 3.33. The van der Waals surface area contributed by atoms with Gasteiger partial charge in [0, 0.05) is 10.2 Å². The first-order valence-electron chi connectivity index (χ1n) is 5.91. The van der Waals surface area contributed by atoms with Gasteiger partial charge in [0.05, 0.1) is 5.92 Å². The maximum atomic E-state index is 12.2. The number of anilines is 1. The molecule has 0 radical (unpaired) electrons. The van der Waals surface area contributed by atoms with E-state index in [0.717, 1.165) is 10.2 Å². The number of halogens is 3. The summed E-state index contributed by atoms with van der Waals surface area (Å²) in [5, 5.41) is 2.91. The molecule has 1 saturated carbocycles. The Hall–Kier alpha value is -0.510. The molecule has 1 fully saturated rings. The van der Waals surface area contributed by atoms with Gasteiger partial charge in [-0.05, 0) is 41.7 Å². The van der Waals surface area contributed by atoms with E-state index in [2.05, 4.69) is 21.2 Å². The van der Waals surface area contributed by atoms with Crippen molar-refractivity contribution in [1.82, 2.24) is 0 Å². The van der Waals surface area contributed by atoms with E-state index in [1.807, 2.05) is 38.1 Å². The Bertz CT molecular complexity index is 521. The molecule has 0 heterocycles. The van der Waals surface area contributed by atoms with Crippen molar-refractivity contribution < 1.29 is 4.79 Å². The van der Waals surface area contributed by atoms with Crippen LogP contribution < -0.4 is 5.32 Å². The molecule has 102 valence electrons. The Balaban J connectivity index is 2.05. The Labute approximate surface area is 131 Å². The molecule has 0 saturated heterocycles. The molecule has 1 aliphatic carbocycles. The van der Waals surface area contributed by atoms with Crippen molar-refractivity contribution in [2.45, 2.75) is 13.8 Å². The number of carbonyl (C=O) groups is 1. The van der Waals surface area contributed by atoms with Crippen molar-refractivity contribution in [3.05, 3.63) is 39.3 Å². The number of rotatable bonds is 3. The third-order valence-corrected chi connectivity index (χ3v) is 4.39. The number of allylic oxidation sites excluding steroid dienone is 1. The Morgan fingerprint density at radius 2 is 1.89 bits per heavy atom. The number of benzene rings is 1. The van der Waals surface area contributed by atoms with Crippen LogP contribution in [0.5, 0.6) is 0 Å². The molecule has 5 heteroatoms. The van der Waals surface area contributed by atoms with Crippen LogP contribution in [0.15, 0.2) is 39.3 Å². The molecule has 2 nitrogen and oxygen atoms in total. The lowest BCUT2D eigenvalue weighted by atomic mass is 10.1. The molecular formula is C14H14BrCl2NO. The molecule has 1 aromatic carbocycles. The number of carbonyl (C=O) groups excluding carboxylic acids is 1. The molecule has 0 aromatic heterocycles. The van der Waals surface area contributed by atoms with E-state index in [4.69, 9.17) is 23.2 Å². The molecule has 0 unspecified atom stereocenters. The molecule has 1 amide bonds. The maximum absolute atomic E-state index is 12.2. The first-order valence-corrected chi connectivity index (χ1v) is 7.46. The van der Waals surface area contributed by atoms with Gasteiger partial charge in [0.1, 0.15) is 4.49 Å². The first kappa shape index (κ1) is 14.9. The van der Waals surface area contributed by atoms with E-state index >= 15 is 0 Å². The zero-order valence-electron chi connectivity index (χ0n) is 10.6. The molecule has 2 rings (SSSR count). The molecule has 1 N–H and O–H groups in total. The number of amides is 1. The highest BCUT2D eigenvalue weighted by atomic mass is 79.9. The van der Waals surface area contributed by atoms with Gasteiger partial charge in [-0.25, -0.2) is 0 Å². The van der Waals surface area contributed by atoms with E-state index in [1.165, 1.54) is 0 Å². The second kappa shape index (κ2) is 5.47. The molecule has 0 bridgehead atoms. The fourth-order valence-electron chi connectivity index (χ4n) is 2.38. The number of nitrogens with one attached hydrogen (secondary N) is 1. The molecule has 1 aromatic rings. The third-order valence-electron chi connectivity index (χ3n) is 3.61. The number of hydrogen-bond donors (Lipinski definition) is 1. The lowest BCUT2D eigenvalue weighted by Crippen LogP contribution is -2.16. The Morgan fingerprint density at radius 3 is 2.42 bits per heavy atom. The highest BCUT2D eigenvalue weighted by Crippen LogP contribution is 2.59. The Morgan fingerprint density at radius 1 is 1.32 bits per heavy atom. The SMILES string of the molecule is CC1(C)[C@H](C=C(Cl)Cl)[C@@H]1C(=O)Nc1ccc(Br)cc1. The van der Waals surface area contributed by atoms with Gasteiger partial charge in [-0.15, -0.1) is 0 Å². The van der Waals surface area contributed by atoms with Gasteiger partial charge in [0.2, 0.25) is 5.91 Å². The summed E-state index contributed by atoms with van der Waals surface area (Å²) in [7, 11) is 0. The maximum Gasteiger partial charge on any atom is 0.228 e. The quantitative estimate of drug-likeness (QED) is 0.807. The molecule has 1 aliphatic rings.